The highest BCUT2D eigenvalue weighted by atomic mass is 16.1. The van der Waals surface area contributed by atoms with Gasteiger partial charge in [0.2, 0.25) is 0 Å². The number of pyridine rings is 1. The normalized spacial score (nSPS) is 10.2. The number of carbonyl (C=O) groups is 1. The van der Waals surface area contributed by atoms with E-state index in [0.29, 0.717) is 6.54 Å². The fourth-order valence-electron chi connectivity index (χ4n) is 1.99. The van der Waals surface area contributed by atoms with Crippen LogP contribution in [0.25, 0.3) is 0 Å². The average molecular weight is 269 g/mol. The van der Waals surface area contributed by atoms with E-state index in [-0.39, 0.29) is 5.91 Å². The van der Waals surface area contributed by atoms with Crippen LogP contribution in [-0.4, -0.2) is 24.5 Å². The van der Waals surface area contributed by atoms with Crippen molar-refractivity contribution in [2.75, 3.05) is 13.6 Å². The standard InChI is InChI=1S/C16H19N3O/c1-17-11-9-13-6-2-3-8-15(13)16(20)19-12-14-7-4-5-10-18-14/h2-8,10,17H,9,11-12H2,1H3,(H,19,20). The number of nitrogens with one attached hydrogen (secondary N) is 2. The number of benzene rings is 1. The lowest BCUT2D eigenvalue weighted by Gasteiger charge is -2.09. The number of aromatic nitrogens is 1. The van der Waals surface area contributed by atoms with Crippen LogP contribution in [0.2, 0.25) is 0 Å². The number of carbonyl (C=O) groups excluding carboxylic acids is 1. The van der Waals surface area contributed by atoms with Gasteiger partial charge in [0.25, 0.3) is 5.91 Å². The highest BCUT2D eigenvalue weighted by Crippen LogP contribution is 2.09. The van der Waals surface area contributed by atoms with Gasteiger partial charge in [0.15, 0.2) is 0 Å². The molecule has 0 radical (unpaired) electrons. The molecule has 20 heavy (non-hydrogen) atoms. The maximum atomic E-state index is 12.2. The van der Waals surface area contributed by atoms with Crippen LogP contribution in [0.3, 0.4) is 0 Å². The number of nitrogens with zero attached hydrogens (tertiary/aromatic N) is 1. The van der Waals surface area contributed by atoms with Gasteiger partial charge in [-0.2, -0.15) is 0 Å². The van der Waals surface area contributed by atoms with Crippen molar-refractivity contribution in [2.45, 2.75) is 13.0 Å². The maximum Gasteiger partial charge on any atom is 0.251 e. The van der Waals surface area contributed by atoms with Gasteiger partial charge in [-0.25, -0.2) is 0 Å². The maximum absolute atomic E-state index is 12.2. The minimum Gasteiger partial charge on any atom is -0.346 e. The zero-order chi connectivity index (χ0) is 14.2. The first kappa shape index (κ1) is 14.2. The Bertz CT molecular complexity index is 555. The van der Waals surface area contributed by atoms with Crippen LogP contribution in [0.4, 0.5) is 0 Å². The molecule has 0 fully saturated rings. The second-order valence-electron chi connectivity index (χ2n) is 4.51. The molecule has 104 valence electrons. The van der Waals surface area contributed by atoms with Gasteiger partial charge in [-0.05, 0) is 43.8 Å². The van der Waals surface area contributed by atoms with E-state index in [1.807, 2.05) is 49.5 Å². The summed E-state index contributed by atoms with van der Waals surface area (Å²) in [4.78, 5) is 16.4. The Hall–Kier alpha value is -2.20. The molecule has 2 aromatic rings. The van der Waals surface area contributed by atoms with Gasteiger partial charge in [-0.1, -0.05) is 24.3 Å². The molecule has 1 amide bonds. The molecule has 0 aliphatic heterocycles. The van der Waals surface area contributed by atoms with E-state index >= 15 is 0 Å². The first-order chi connectivity index (χ1) is 9.81. The second kappa shape index (κ2) is 7.40. The molecule has 0 spiro atoms. The Labute approximate surface area is 119 Å². The van der Waals surface area contributed by atoms with E-state index in [2.05, 4.69) is 15.6 Å². The van der Waals surface area contributed by atoms with E-state index < -0.39 is 0 Å². The number of hydrogen-bond acceptors (Lipinski definition) is 3. The van der Waals surface area contributed by atoms with E-state index in [1.54, 1.807) is 6.20 Å². The Balaban J connectivity index is 2.01. The molecule has 4 heteroatoms. The molecule has 0 atom stereocenters. The molecule has 1 aromatic carbocycles. The highest BCUT2D eigenvalue weighted by Gasteiger charge is 2.10. The van der Waals surface area contributed by atoms with Crippen LogP contribution < -0.4 is 10.6 Å². The summed E-state index contributed by atoms with van der Waals surface area (Å²) in [5.74, 6) is -0.0534. The summed E-state index contributed by atoms with van der Waals surface area (Å²) in [7, 11) is 1.91. The van der Waals surface area contributed by atoms with Crippen molar-refractivity contribution in [3.05, 3.63) is 65.5 Å². The zero-order valence-electron chi connectivity index (χ0n) is 11.6. The van der Waals surface area contributed by atoms with Gasteiger partial charge < -0.3 is 10.6 Å². The third-order valence-corrected chi connectivity index (χ3v) is 3.06. The summed E-state index contributed by atoms with van der Waals surface area (Å²) in [5.41, 5.74) is 2.65. The van der Waals surface area contributed by atoms with Gasteiger partial charge in [0.1, 0.15) is 0 Å². The molecule has 2 rings (SSSR count). The molecule has 0 unspecified atom stereocenters. The molecule has 2 N–H and O–H groups in total. The molecule has 1 heterocycles. The summed E-state index contributed by atoms with van der Waals surface area (Å²) >= 11 is 0. The average Bonchev–Trinajstić information content (AvgIpc) is 2.52. The summed E-state index contributed by atoms with van der Waals surface area (Å²) in [5, 5.41) is 6.01. The van der Waals surface area contributed by atoms with E-state index in [0.717, 1.165) is 29.8 Å². The van der Waals surface area contributed by atoms with Crippen molar-refractivity contribution >= 4 is 5.91 Å². The highest BCUT2D eigenvalue weighted by molar-refractivity contribution is 5.95. The van der Waals surface area contributed by atoms with Crippen LogP contribution in [0, 0.1) is 0 Å². The van der Waals surface area contributed by atoms with E-state index in [1.165, 1.54) is 0 Å². The van der Waals surface area contributed by atoms with Gasteiger partial charge >= 0.3 is 0 Å². The quantitative estimate of drug-likeness (QED) is 0.840. The molecule has 0 aliphatic rings. The fourth-order valence-corrected chi connectivity index (χ4v) is 1.99. The third-order valence-electron chi connectivity index (χ3n) is 3.06. The first-order valence-electron chi connectivity index (χ1n) is 6.72. The van der Waals surface area contributed by atoms with Gasteiger partial charge in [-0.15, -0.1) is 0 Å². The SMILES string of the molecule is CNCCc1ccccc1C(=O)NCc1ccccn1. The molecule has 0 aliphatic carbocycles. The molecular formula is C16H19N3O. The fraction of sp³-hybridized carbons (Fsp3) is 0.250. The molecular weight excluding hydrogens is 250 g/mol. The van der Waals surface area contributed by atoms with Crippen molar-refractivity contribution in [1.82, 2.24) is 15.6 Å². The molecule has 0 saturated carbocycles. The van der Waals surface area contributed by atoms with Crippen LogP contribution in [0.5, 0.6) is 0 Å². The van der Waals surface area contributed by atoms with Crippen LogP contribution in [0.15, 0.2) is 48.7 Å². The lowest BCUT2D eigenvalue weighted by atomic mass is 10.0. The summed E-state index contributed by atoms with van der Waals surface area (Å²) in [6.45, 7) is 1.30. The topological polar surface area (TPSA) is 54.0 Å². The Morgan fingerprint density at radius 1 is 1.15 bits per heavy atom. The first-order valence-corrected chi connectivity index (χ1v) is 6.72. The Morgan fingerprint density at radius 3 is 2.70 bits per heavy atom. The minimum atomic E-state index is -0.0534. The Kier molecular flexibility index (Phi) is 5.26. The summed E-state index contributed by atoms with van der Waals surface area (Å²) in [6, 6.07) is 13.4. The predicted molar refractivity (Wildman–Crippen MR) is 79.5 cm³/mol. The van der Waals surface area contributed by atoms with Crippen LogP contribution in [-0.2, 0) is 13.0 Å². The second-order valence-corrected chi connectivity index (χ2v) is 4.51. The molecule has 4 nitrogen and oxygen atoms in total. The van der Waals surface area contributed by atoms with Gasteiger partial charge in [0, 0.05) is 11.8 Å². The number of amides is 1. The molecule has 1 aromatic heterocycles. The van der Waals surface area contributed by atoms with Crippen molar-refractivity contribution in [3.8, 4) is 0 Å². The molecule has 0 saturated heterocycles. The number of rotatable bonds is 6. The Morgan fingerprint density at radius 2 is 1.95 bits per heavy atom. The monoisotopic (exact) mass is 269 g/mol. The number of hydrogen-bond donors (Lipinski definition) is 2. The van der Waals surface area contributed by atoms with Crippen LogP contribution in [0.1, 0.15) is 21.6 Å². The number of likely N-dealkylation sites (N-methyl/N-ethyl adjacent to an activating group) is 1. The van der Waals surface area contributed by atoms with E-state index in [4.69, 9.17) is 0 Å². The zero-order valence-corrected chi connectivity index (χ0v) is 11.6. The van der Waals surface area contributed by atoms with Crippen LogP contribution >= 0.6 is 0 Å². The summed E-state index contributed by atoms with van der Waals surface area (Å²) in [6.07, 6.45) is 2.56. The smallest absolute Gasteiger partial charge is 0.251 e. The third kappa shape index (κ3) is 3.90. The summed E-state index contributed by atoms with van der Waals surface area (Å²) < 4.78 is 0. The predicted octanol–water partition coefficient (Wildman–Crippen LogP) is 1.77. The van der Waals surface area contributed by atoms with Crippen molar-refractivity contribution in [3.63, 3.8) is 0 Å². The molecule has 0 bridgehead atoms. The van der Waals surface area contributed by atoms with Crippen molar-refractivity contribution in [2.24, 2.45) is 0 Å². The van der Waals surface area contributed by atoms with Crippen molar-refractivity contribution in [1.29, 1.82) is 0 Å². The van der Waals surface area contributed by atoms with Crippen molar-refractivity contribution < 1.29 is 4.79 Å². The lowest BCUT2D eigenvalue weighted by Crippen LogP contribution is -2.25. The van der Waals surface area contributed by atoms with Gasteiger partial charge in [0.05, 0.1) is 12.2 Å². The largest absolute Gasteiger partial charge is 0.346 e. The minimum absolute atomic E-state index is 0.0534. The lowest BCUT2D eigenvalue weighted by molar-refractivity contribution is 0.0949. The van der Waals surface area contributed by atoms with Gasteiger partial charge in [-0.3, -0.25) is 9.78 Å². The van der Waals surface area contributed by atoms with E-state index in [9.17, 15) is 4.79 Å².